The molecule has 1 aliphatic carbocycles. The topological polar surface area (TPSA) is 75.6 Å². The van der Waals surface area contributed by atoms with E-state index in [1.165, 1.54) is 0 Å². The van der Waals surface area contributed by atoms with E-state index in [0.29, 0.717) is 19.3 Å². The lowest BCUT2D eigenvalue weighted by Crippen LogP contribution is -2.42. The standard InChI is InChI=1S/C14H23F2NO4/c1-9(2)7-11(12(18)19)17-13(20)21-8-10-3-5-14(15,16)6-4-10/h9-11H,3-8H2,1-2H3,(H,17,20)(H,18,19)/t11-/m0/s1. The maximum absolute atomic E-state index is 13.0. The van der Waals surface area contributed by atoms with Gasteiger partial charge in [0.25, 0.3) is 0 Å². The monoisotopic (exact) mass is 307 g/mol. The van der Waals surface area contributed by atoms with Gasteiger partial charge >= 0.3 is 12.1 Å². The molecule has 0 bridgehead atoms. The lowest BCUT2D eigenvalue weighted by molar-refractivity contribution is -0.139. The molecule has 0 spiro atoms. The lowest BCUT2D eigenvalue weighted by Gasteiger charge is -2.27. The molecule has 1 amide bonds. The van der Waals surface area contributed by atoms with E-state index in [2.05, 4.69) is 5.32 Å². The molecule has 5 nitrogen and oxygen atoms in total. The summed E-state index contributed by atoms with van der Waals surface area (Å²) in [4.78, 5) is 22.6. The third-order valence-electron chi connectivity index (χ3n) is 3.58. The Kier molecular flexibility index (Phi) is 6.36. The SMILES string of the molecule is CC(C)C[C@H](NC(=O)OCC1CCC(F)(F)CC1)C(=O)O. The second-order valence-corrected chi connectivity index (χ2v) is 6.06. The van der Waals surface area contributed by atoms with Crippen LogP contribution in [0.25, 0.3) is 0 Å². The van der Waals surface area contributed by atoms with Crippen molar-refractivity contribution in [3.63, 3.8) is 0 Å². The number of ether oxygens (including phenoxy) is 1. The van der Waals surface area contributed by atoms with E-state index in [1.54, 1.807) is 0 Å². The maximum atomic E-state index is 13.0. The molecule has 2 N–H and O–H groups in total. The Labute approximate surface area is 123 Å². The molecule has 0 saturated heterocycles. The van der Waals surface area contributed by atoms with E-state index in [1.807, 2.05) is 13.8 Å². The lowest BCUT2D eigenvalue weighted by atomic mass is 9.87. The van der Waals surface area contributed by atoms with Crippen molar-refractivity contribution >= 4 is 12.1 Å². The highest BCUT2D eigenvalue weighted by Gasteiger charge is 2.35. The van der Waals surface area contributed by atoms with E-state index in [9.17, 15) is 18.4 Å². The molecule has 122 valence electrons. The molecule has 7 heteroatoms. The number of aliphatic carboxylic acids is 1. The predicted octanol–water partition coefficient (Wildman–Crippen LogP) is 3.04. The minimum Gasteiger partial charge on any atom is -0.480 e. The number of nitrogens with one attached hydrogen (secondary N) is 1. The molecule has 1 aliphatic rings. The zero-order valence-electron chi connectivity index (χ0n) is 12.4. The van der Waals surface area contributed by atoms with E-state index in [-0.39, 0.29) is 31.3 Å². The molecule has 0 heterocycles. The van der Waals surface area contributed by atoms with Gasteiger partial charge in [-0.1, -0.05) is 13.8 Å². The fourth-order valence-electron chi connectivity index (χ4n) is 2.34. The van der Waals surface area contributed by atoms with Crippen LogP contribution in [0.1, 0.15) is 46.0 Å². The number of carboxylic acid groups (broad SMARTS) is 1. The van der Waals surface area contributed by atoms with Crippen LogP contribution in [-0.4, -0.2) is 35.7 Å². The number of carboxylic acids is 1. The van der Waals surface area contributed by atoms with Gasteiger partial charge in [-0.2, -0.15) is 0 Å². The van der Waals surface area contributed by atoms with Crippen molar-refractivity contribution in [2.24, 2.45) is 11.8 Å². The summed E-state index contributed by atoms with van der Waals surface area (Å²) in [7, 11) is 0. The number of halogens is 2. The van der Waals surface area contributed by atoms with Crippen molar-refractivity contribution in [1.82, 2.24) is 5.32 Å². The van der Waals surface area contributed by atoms with Crippen molar-refractivity contribution < 1.29 is 28.2 Å². The van der Waals surface area contributed by atoms with E-state index < -0.39 is 24.0 Å². The van der Waals surface area contributed by atoms with Crippen LogP contribution < -0.4 is 5.32 Å². The highest BCUT2D eigenvalue weighted by Crippen LogP contribution is 2.36. The van der Waals surface area contributed by atoms with Gasteiger partial charge in [0.1, 0.15) is 6.04 Å². The van der Waals surface area contributed by atoms with E-state index >= 15 is 0 Å². The van der Waals surface area contributed by atoms with Crippen LogP contribution >= 0.6 is 0 Å². The van der Waals surface area contributed by atoms with Gasteiger partial charge in [-0.25, -0.2) is 18.4 Å². The minimum atomic E-state index is -2.61. The zero-order valence-corrected chi connectivity index (χ0v) is 12.4. The molecule has 1 rings (SSSR count). The van der Waals surface area contributed by atoms with Gasteiger partial charge < -0.3 is 15.2 Å². The Bertz CT molecular complexity index is 364. The van der Waals surface area contributed by atoms with Crippen molar-refractivity contribution in [2.45, 2.75) is 57.9 Å². The number of amides is 1. The number of carbonyl (C=O) groups is 2. The van der Waals surface area contributed by atoms with Crippen LogP contribution in [0, 0.1) is 11.8 Å². The summed E-state index contributed by atoms with van der Waals surface area (Å²) < 4.78 is 30.9. The molecule has 1 fully saturated rings. The summed E-state index contributed by atoms with van der Waals surface area (Å²) in [6.07, 6.45) is -0.245. The quantitative estimate of drug-likeness (QED) is 0.791. The maximum Gasteiger partial charge on any atom is 0.407 e. The van der Waals surface area contributed by atoms with Crippen LogP contribution in [0.3, 0.4) is 0 Å². The summed E-state index contributed by atoms with van der Waals surface area (Å²) in [5.74, 6) is -3.68. The molecule has 1 atom stereocenters. The van der Waals surface area contributed by atoms with Gasteiger partial charge in [0, 0.05) is 12.8 Å². The molecule has 21 heavy (non-hydrogen) atoms. The number of hydrogen-bond donors (Lipinski definition) is 2. The Balaban J connectivity index is 2.31. The Morgan fingerprint density at radius 2 is 1.90 bits per heavy atom. The third-order valence-corrected chi connectivity index (χ3v) is 3.58. The number of carbonyl (C=O) groups excluding carboxylic acids is 1. The van der Waals surface area contributed by atoms with Gasteiger partial charge in [-0.05, 0) is 31.1 Å². The Hall–Kier alpha value is -1.40. The van der Waals surface area contributed by atoms with Crippen molar-refractivity contribution in [3.8, 4) is 0 Å². The van der Waals surface area contributed by atoms with Crippen LogP contribution in [0.15, 0.2) is 0 Å². The molecule has 0 radical (unpaired) electrons. The van der Waals surface area contributed by atoms with Gasteiger partial charge in [0.05, 0.1) is 6.61 Å². The van der Waals surface area contributed by atoms with Crippen LogP contribution in [-0.2, 0) is 9.53 Å². The Morgan fingerprint density at radius 1 is 1.33 bits per heavy atom. The Morgan fingerprint density at radius 3 is 2.38 bits per heavy atom. The van der Waals surface area contributed by atoms with Gasteiger partial charge in [0.15, 0.2) is 0 Å². The first-order chi connectivity index (χ1) is 9.69. The summed E-state index contributed by atoms with van der Waals surface area (Å²) in [6, 6.07) is -0.992. The van der Waals surface area contributed by atoms with Gasteiger partial charge in [0.2, 0.25) is 5.92 Å². The first kappa shape index (κ1) is 17.7. The van der Waals surface area contributed by atoms with Gasteiger partial charge in [-0.3, -0.25) is 0 Å². The largest absolute Gasteiger partial charge is 0.480 e. The molecule has 1 saturated carbocycles. The molecule has 0 unspecified atom stereocenters. The average Bonchev–Trinajstić information content (AvgIpc) is 2.36. The molecule has 0 aromatic heterocycles. The molecular formula is C14H23F2NO4. The number of alkyl halides is 2. The van der Waals surface area contributed by atoms with Crippen molar-refractivity contribution in [1.29, 1.82) is 0 Å². The first-order valence-electron chi connectivity index (χ1n) is 7.23. The van der Waals surface area contributed by atoms with Crippen LogP contribution in [0.4, 0.5) is 13.6 Å². The number of alkyl carbamates (subject to hydrolysis) is 1. The van der Waals surface area contributed by atoms with Gasteiger partial charge in [-0.15, -0.1) is 0 Å². The van der Waals surface area contributed by atoms with Crippen molar-refractivity contribution in [3.05, 3.63) is 0 Å². The molecule has 0 aromatic rings. The molecule has 0 aliphatic heterocycles. The highest BCUT2D eigenvalue weighted by atomic mass is 19.3. The summed E-state index contributed by atoms with van der Waals surface area (Å²) >= 11 is 0. The normalized spacial score (nSPS) is 20.0. The molecule has 0 aromatic carbocycles. The second kappa shape index (κ2) is 7.56. The molecular weight excluding hydrogens is 284 g/mol. The summed E-state index contributed by atoms with van der Waals surface area (Å²) in [5.41, 5.74) is 0. The summed E-state index contributed by atoms with van der Waals surface area (Å²) in [6.45, 7) is 3.76. The number of rotatable bonds is 6. The average molecular weight is 307 g/mol. The predicted molar refractivity (Wildman–Crippen MR) is 72.3 cm³/mol. The van der Waals surface area contributed by atoms with E-state index in [4.69, 9.17) is 9.84 Å². The van der Waals surface area contributed by atoms with Crippen LogP contribution in [0.2, 0.25) is 0 Å². The third kappa shape index (κ3) is 6.73. The minimum absolute atomic E-state index is 0.0515. The first-order valence-corrected chi connectivity index (χ1v) is 7.23. The fourth-order valence-corrected chi connectivity index (χ4v) is 2.34. The summed E-state index contributed by atoms with van der Waals surface area (Å²) in [5, 5.41) is 11.3. The van der Waals surface area contributed by atoms with Crippen LogP contribution in [0.5, 0.6) is 0 Å². The smallest absolute Gasteiger partial charge is 0.407 e. The van der Waals surface area contributed by atoms with E-state index in [0.717, 1.165) is 0 Å². The zero-order chi connectivity index (χ0) is 16.0. The fraction of sp³-hybridized carbons (Fsp3) is 0.857. The second-order valence-electron chi connectivity index (χ2n) is 6.06. The number of hydrogen-bond acceptors (Lipinski definition) is 3. The highest BCUT2D eigenvalue weighted by molar-refractivity contribution is 5.79. The van der Waals surface area contributed by atoms with Crippen molar-refractivity contribution in [2.75, 3.05) is 6.61 Å².